The number of benzene rings is 2. The number of rotatable bonds is 5. The molecule has 5 nitrogen and oxygen atoms in total. The molecular formula is C22H24N2O3. The Bertz CT molecular complexity index is 1050. The first kappa shape index (κ1) is 18.7. The lowest BCUT2D eigenvalue weighted by molar-refractivity contribution is -0.119. The largest absolute Gasteiger partial charge is 0.495 e. The molecule has 1 aromatic heterocycles. The first-order chi connectivity index (χ1) is 13.0. The minimum atomic E-state index is -0.642. The quantitative estimate of drug-likeness (QED) is 0.737. The molecule has 1 atom stereocenters. The van der Waals surface area contributed by atoms with E-state index in [1.807, 2.05) is 63.2 Å². The molecule has 0 spiro atoms. The molecule has 0 saturated heterocycles. The number of carbonyl (C=O) groups excluding carboxylic acids is 1. The standard InChI is InChI=1S/C22H24N2O3/c1-5-18(22(26)23-17-11-7-6-9-14(17)2)24-20(25)13-15(3)16-10-8-12-19(27-4)21(16)24/h6-13,18H,5H2,1-4H3,(H,23,26). The summed E-state index contributed by atoms with van der Waals surface area (Å²) in [4.78, 5) is 25.9. The van der Waals surface area contributed by atoms with Crippen molar-refractivity contribution in [2.24, 2.45) is 0 Å². The molecule has 140 valence electrons. The first-order valence-corrected chi connectivity index (χ1v) is 9.03. The van der Waals surface area contributed by atoms with Gasteiger partial charge in [-0.3, -0.25) is 14.2 Å². The van der Waals surface area contributed by atoms with E-state index in [1.165, 1.54) is 0 Å². The molecule has 0 saturated carbocycles. The number of amides is 1. The van der Waals surface area contributed by atoms with Gasteiger partial charge in [0.2, 0.25) is 5.91 Å². The van der Waals surface area contributed by atoms with Gasteiger partial charge in [0.15, 0.2) is 0 Å². The summed E-state index contributed by atoms with van der Waals surface area (Å²) in [5.41, 5.74) is 3.02. The van der Waals surface area contributed by atoms with Crippen LogP contribution in [0.5, 0.6) is 5.75 Å². The second-order valence-corrected chi connectivity index (χ2v) is 6.62. The number of ether oxygens (including phenoxy) is 1. The number of pyridine rings is 1. The van der Waals surface area contributed by atoms with Crippen molar-refractivity contribution < 1.29 is 9.53 Å². The summed E-state index contributed by atoms with van der Waals surface area (Å²) in [7, 11) is 1.57. The molecule has 3 rings (SSSR count). The lowest BCUT2D eigenvalue weighted by Crippen LogP contribution is -2.33. The Labute approximate surface area is 158 Å². The number of anilines is 1. The summed E-state index contributed by atoms with van der Waals surface area (Å²) in [5.74, 6) is 0.361. The molecule has 1 N–H and O–H groups in total. The summed E-state index contributed by atoms with van der Waals surface area (Å²) in [6.07, 6.45) is 0.480. The van der Waals surface area contributed by atoms with Crippen LogP contribution < -0.4 is 15.6 Å². The monoisotopic (exact) mass is 364 g/mol. The molecule has 27 heavy (non-hydrogen) atoms. The number of hydrogen-bond acceptors (Lipinski definition) is 3. The predicted octanol–water partition coefficient (Wildman–Crippen LogP) is 4.22. The summed E-state index contributed by atoms with van der Waals surface area (Å²) < 4.78 is 7.05. The zero-order chi connectivity index (χ0) is 19.6. The molecule has 0 radical (unpaired) electrons. The van der Waals surface area contributed by atoms with Crippen molar-refractivity contribution in [3.8, 4) is 5.75 Å². The highest BCUT2D eigenvalue weighted by atomic mass is 16.5. The normalized spacial score (nSPS) is 12.0. The van der Waals surface area contributed by atoms with Crippen LogP contribution in [0.3, 0.4) is 0 Å². The van der Waals surface area contributed by atoms with Crippen molar-refractivity contribution in [3.63, 3.8) is 0 Å². The molecular weight excluding hydrogens is 340 g/mol. The van der Waals surface area contributed by atoms with Gasteiger partial charge in [0.1, 0.15) is 11.8 Å². The van der Waals surface area contributed by atoms with E-state index in [-0.39, 0.29) is 11.5 Å². The lowest BCUT2D eigenvalue weighted by Gasteiger charge is -2.22. The van der Waals surface area contributed by atoms with Gasteiger partial charge in [-0.1, -0.05) is 37.3 Å². The fourth-order valence-electron chi connectivity index (χ4n) is 3.42. The molecule has 5 heteroatoms. The summed E-state index contributed by atoms with van der Waals surface area (Å²) >= 11 is 0. The van der Waals surface area contributed by atoms with Crippen molar-refractivity contribution in [1.82, 2.24) is 4.57 Å². The predicted molar refractivity (Wildman–Crippen MR) is 109 cm³/mol. The number of aromatic nitrogens is 1. The minimum Gasteiger partial charge on any atom is -0.495 e. The maximum Gasteiger partial charge on any atom is 0.252 e. The van der Waals surface area contributed by atoms with Crippen LogP contribution in [0.4, 0.5) is 5.69 Å². The fraction of sp³-hybridized carbons (Fsp3) is 0.273. The number of nitrogens with zero attached hydrogens (tertiary/aromatic N) is 1. The highest BCUT2D eigenvalue weighted by molar-refractivity contribution is 5.96. The maximum absolute atomic E-state index is 13.1. The van der Waals surface area contributed by atoms with Crippen molar-refractivity contribution in [2.75, 3.05) is 12.4 Å². The number of methoxy groups -OCH3 is 1. The van der Waals surface area contributed by atoms with Gasteiger partial charge in [0.25, 0.3) is 5.56 Å². The van der Waals surface area contributed by atoms with Gasteiger partial charge in [-0.05, 0) is 43.5 Å². The Hall–Kier alpha value is -3.08. The van der Waals surface area contributed by atoms with E-state index >= 15 is 0 Å². The zero-order valence-corrected chi connectivity index (χ0v) is 16.1. The number of carbonyl (C=O) groups is 1. The third-order valence-electron chi connectivity index (χ3n) is 4.87. The number of fused-ring (bicyclic) bond motifs is 1. The summed E-state index contributed by atoms with van der Waals surface area (Å²) in [5, 5.41) is 3.86. The van der Waals surface area contributed by atoms with E-state index in [0.29, 0.717) is 17.7 Å². The topological polar surface area (TPSA) is 60.3 Å². The second kappa shape index (κ2) is 7.66. The Balaban J connectivity index is 2.15. The van der Waals surface area contributed by atoms with Crippen molar-refractivity contribution in [2.45, 2.75) is 33.2 Å². The smallest absolute Gasteiger partial charge is 0.252 e. The van der Waals surface area contributed by atoms with Gasteiger partial charge in [-0.15, -0.1) is 0 Å². The third-order valence-corrected chi connectivity index (χ3v) is 4.87. The molecule has 0 aliphatic rings. The van der Waals surface area contributed by atoms with Crippen molar-refractivity contribution in [3.05, 3.63) is 70.0 Å². The number of para-hydroxylation sites is 2. The molecule has 3 aromatic rings. The highest BCUT2D eigenvalue weighted by Crippen LogP contribution is 2.29. The first-order valence-electron chi connectivity index (χ1n) is 9.03. The van der Waals surface area contributed by atoms with Gasteiger partial charge in [-0.25, -0.2) is 0 Å². The molecule has 1 amide bonds. The third kappa shape index (κ3) is 3.45. The average Bonchev–Trinajstić information content (AvgIpc) is 2.66. The maximum atomic E-state index is 13.1. The van der Waals surface area contributed by atoms with Gasteiger partial charge in [-0.2, -0.15) is 0 Å². The van der Waals surface area contributed by atoms with E-state index in [4.69, 9.17) is 4.74 Å². The number of hydrogen-bond donors (Lipinski definition) is 1. The molecule has 0 aliphatic heterocycles. The van der Waals surface area contributed by atoms with Crippen LogP contribution in [0.1, 0.15) is 30.5 Å². The molecule has 2 aromatic carbocycles. The van der Waals surface area contributed by atoms with Gasteiger partial charge < -0.3 is 10.1 Å². The van der Waals surface area contributed by atoms with Gasteiger partial charge in [0.05, 0.1) is 12.6 Å². The van der Waals surface area contributed by atoms with Crippen molar-refractivity contribution >= 4 is 22.5 Å². The molecule has 0 fully saturated rings. The number of aryl methyl sites for hydroxylation is 2. The highest BCUT2D eigenvalue weighted by Gasteiger charge is 2.24. The van der Waals surface area contributed by atoms with Crippen LogP contribution >= 0.6 is 0 Å². The molecule has 1 heterocycles. The molecule has 1 unspecified atom stereocenters. The Morgan fingerprint density at radius 1 is 1.11 bits per heavy atom. The Kier molecular flexibility index (Phi) is 5.31. The van der Waals surface area contributed by atoms with E-state index < -0.39 is 6.04 Å². The summed E-state index contributed by atoms with van der Waals surface area (Å²) in [6, 6.07) is 14.2. The van der Waals surface area contributed by atoms with Crippen molar-refractivity contribution in [1.29, 1.82) is 0 Å². The van der Waals surface area contributed by atoms with E-state index in [1.54, 1.807) is 17.7 Å². The average molecular weight is 364 g/mol. The Morgan fingerprint density at radius 3 is 2.52 bits per heavy atom. The van der Waals surface area contributed by atoms with E-state index in [0.717, 1.165) is 22.2 Å². The van der Waals surface area contributed by atoms with Crippen LogP contribution in [0.25, 0.3) is 10.9 Å². The van der Waals surface area contributed by atoms with E-state index in [2.05, 4.69) is 5.32 Å². The Morgan fingerprint density at radius 2 is 1.85 bits per heavy atom. The van der Waals surface area contributed by atoms with Gasteiger partial charge >= 0.3 is 0 Å². The number of nitrogens with one attached hydrogen (secondary N) is 1. The molecule has 0 bridgehead atoms. The van der Waals surface area contributed by atoms with Gasteiger partial charge in [0, 0.05) is 17.1 Å². The SMILES string of the molecule is CCC(C(=O)Nc1ccccc1C)n1c(=O)cc(C)c2cccc(OC)c21. The van der Waals surface area contributed by atoms with Crippen LogP contribution in [-0.4, -0.2) is 17.6 Å². The lowest BCUT2D eigenvalue weighted by atomic mass is 10.1. The summed E-state index contributed by atoms with van der Waals surface area (Å²) in [6.45, 7) is 5.73. The minimum absolute atomic E-state index is 0.212. The van der Waals surface area contributed by atoms with Crippen LogP contribution in [0, 0.1) is 13.8 Å². The fourth-order valence-corrected chi connectivity index (χ4v) is 3.42. The van der Waals surface area contributed by atoms with E-state index in [9.17, 15) is 9.59 Å². The molecule has 0 aliphatic carbocycles. The van der Waals surface area contributed by atoms with Crippen LogP contribution in [-0.2, 0) is 4.79 Å². The second-order valence-electron chi connectivity index (χ2n) is 6.62. The zero-order valence-electron chi connectivity index (χ0n) is 16.1. The van der Waals surface area contributed by atoms with Crippen LogP contribution in [0.15, 0.2) is 53.3 Å². The van der Waals surface area contributed by atoms with Crippen LogP contribution in [0.2, 0.25) is 0 Å².